The zero-order chi connectivity index (χ0) is 40.2. The summed E-state index contributed by atoms with van der Waals surface area (Å²) in [6.45, 7) is 3.91. The molecule has 0 saturated carbocycles. The minimum atomic E-state index is -0.286. The van der Waals surface area contributed by atoms with Crippen LogP contribution >= 0.6 is 0 Å². The summed E-state index contributed by atoms with van der Waals surface area (Å²) in [6.07, 6.45) is 0. The van der Waals surface area contributed by atoms with Gasteiger partial charge < -0.3 is 35.3 Å². The maximum Gasteiger partial charge on any atom is 0.255 e. The molecule has 6 aromatic rings. The summed E-state index contributed by atoms with van der Waals surface area (Å²) in [4.78, 5) is 29.4. The van der Waals surface area contributed by atoms with E-state index in [1.54, 1.807) is 24.3 Å². The molecule has 0 aliphatic heterocycles. The van der Waals surface area contributed by atoms with Crippen LogP contribution in [0.25, 0.3) is 0 Å². The van der Waals surface area contributed by atoms with E-state index in [-0.39, 0.29) is 25.0 Å². The van der Waals surface area contributed by atoms with E-state index < -0.39 is 0 Å². The van der Waals surface area contributed by atoms with Gasteiger partial charge in [-0.05, 0) is 46.5 Å². The Morgan fingerprint density at radius 2 is 0.776 bits per heavy atom. The van der Waals surface area contributed by atoms with Crippen LogP contribution in [0.2, 0.25) is 0 Å². The van der Waals surface area contributed by atoms with Crippen molar-refractivity contribution in [2.45, 2.75) is 26.4 Å². The molecule has 10 heteroatoms. The van der Waals surface area contributed by atoms with Gasteiger partial charge in [0.1, 0.15) is 26.4 Å². The van der Waals surface area contributed by atoms with Crippen LogP contribution < -0.4 is 35.3 Å². The van der Waals surface area contributed by atoms with Crippen molar-refractivity contribution in [1.82, 2.24) is 15.5 Å². The summed E-state index contributed by atoms with van der Waals surface area (Å²) in [7, 11) is 0. The first-order valence-electron chi connectivity index (χ1n) is 19.5. The molecule has 0 heterocycles. The molecule has 0 aliphatic carbocycles. The van der Waals surface area contributed by atoms with Crippen LogP contribution in [-0.2, 0) is 26.4 Å². The third-order valence-electron chi connectivity index (χ3n) is 9.25. The van der Waals surface area contributed by atoms with Gasteiger partial charge in [0.15, 0.2) is 23.0 Å². The lowest BCUT2D eigenvalue weighted by atomic mass is 10.1. The average molecular weight is 779 g/mol. The first kappa shape index (κ1) is 41.0. The predicted molar refractivity (Wildman–Crippen MR) is 226 cm³/mol. The molecule has 0 fully saturated rings. The molecular weight excluding hydrogens is 729 g/mol. The smallest absolute Gasteiger partial charge is 0.255 e. The number of hydrogen-bond acceptors (Lipinski definition) is 8. The van der Waals surface area contributed by atoms with Crippen molar-refractivity contribution in [2.75, 3.05) is 39.3 Å². The van der Waals surface area contributed by atoms with E-state index >= 15 is 0 Å². The van der Waals surface area contributed by atoms with Gasteiger partial charge in [0.2, 0.25) is 0 Å². The minimum absolute atomic E-state index is 0.272. The number of ether oxygens (including phenoxy) is 4. The van der Waals surface area contributed by atoms with Crippen molar-refractivity contribution in [1.29, 1.82) is 0 Å². The zero-order valence-corrected chi connectivity index (χ0v) is 32.6. The molecule has 6 aromatic carbocycles. The molecule has 2 amide bonds. The average Bonchev–Trinajstić information content (AvgIpc) is 3.27. The van der Waals surface area contributed by atoms with Gasteiger partial charge in [-0.3, -0.25) is 14.5 Å². The largest absolute Gasteiger partial charge is 0.485 e. The van der Waals surface area contributed by atoms with Crippen LogP contribution in [0.4, 0.5) is 0 Å². The third kappa shape index (κ3) is 12.4. The fraction of sp³-hybridized carbons (Fsp3) is 0.208. The monoisotopic (exact) mass is 778 g/mol. The van der Waals surface area contributed by atoms with Gasteiger partial charge in [-0.2, -0.15) is 0 Å². The highest BCUT2D eigenvalue weighted by Gasteiger charge is 2.20. The SMILES string of the molecule is NCCN(CCNC(=O)c1cccc(OCc2ccccc2)c1OCc1ccccc1)CCNC(=O)c1cccc(OCc2ccccc2)c1OCc1ccccc1. The Balaban J connectivity index is 1.06. The van der Waals surface area contributed by atoms with E-state index in [9.17, 15) is 9.59 Å². The standard InChI is InChI=1S/C48H50N4O6/c49-27-30-52(31-28-50-47(53)41-23-13-25-43(55-33-37-15-5-1-6-16-37)45(41)57-35-39-19-9-3-10-20-39)32-29-51-48(54)42-24-14-26-44(56-34-38-17-7-2-8-18-38)46(42)58-36-40-21-11-4-12-22-40/h1-26H,27-36,49H2,(H,50,53)(H,51,54). The number of carbonyl (C=O) groups is 2. The lowest BCUT2D eigenvalue weighted by molar-refractivity contribution is 0.0942. The predicted octanol–water partition coefficient (Wildman–Crippen LogP) is 7.42. The van der Waals surface area contributed by atoms with Crippen LogP contribution in [-0.4, -0.2) is 56.0 Å². The van der Waals surface area contributed by atoms with E-state index in [2.05, 4.69) is 15.5 Å². The second-order valence-corrected chi connectivity index (χ2v) is 13.5. The van der Waals surface area contributed by atoms with Crippen molar-refractivity contribution in [2.24, 2.45) is 5.73 Å². The van der Waals surface area contributed by atoms with E-state index in [1.165, 1.54) is 0 Å². The summed E-state index contributed by atoms with van der Waals surface area (Å²) >= 11 is 0. The van der Waals surface area contributed by atoms with Gasteiger partial charge in [-0.1, -0.05) is 133 Å². The zero-order valence-electron chi connectivity index (χ0n) is 32.6. The topological polar surface area (TPSA) is 124 Å². The maximum absolute atomic E-state index is 13.7. The Morgan fingerprint density at radius 3 is 1.12 bits per heavy atom. The number of hydrogen-bond donors (Lipinski definition) is 3. The normalized spacial score (nSPS) is 10.8. The molecule has 0 bridgehead atoms. The summed E-state index contributed by atoms with van der Waals surface area (Å²) in [6, 6.07) is 49.9. The van der Waals surface area contributed by atoms with E-state index in [0.717, 1.165) is 22.3 Å². The second kappa shape index (κ2) is 22.2. The third-order valence-corrected chi connectivity index (χ3v) is 9.25. The molecule has 6 rings (SSSR count). The van der Waals surface area contributed by atoms with Gasteiger partial charge in [-0.25, -0.2) is 0 Å². The molecule has 4 N–H and O–H groups in total. The number of nitrogens with one attached hydrogen (secondary N) is 2. The Bertz CT molecular complexity index is 2000. The molecule has 0 aliphatic rings. The molecule has 58 heavy (non-hydrogen) atoms. The number of para-hydroxylation sites is 2. The molecule has 0 spiro atoms. The lowest BCUT2D eigenvalue weighted by Crippen LogP contribution is -2.41. The van der Waals surface area contributed by atoms with Crippen molar-refractivity contribution in [3.05, 3.63) is 191 Å². The van der Waals surface area contributed by atoms with Gasteiger partial charge >= 0.3 is 0 Å². The molecule has 0 atom stereocenters. The number of amides is 2. The van der Waals surface area contributed by atoms with Crippen molar-refractivity contribution >= 4 is 11.8 Å². The molecule has 0 saturated heterocycles. The summed E-state index contributed by atoms with van der Waals surface area (Å²) < 4.78 is 24.9. The van der Waals surface area contributed by atoms with Gasteiger partial charge in [-0.15, -0.1) is 0 Å². The van der Waals surface area contributed by atoms with Gasteiger partial charge in [0, 0.05) is 39.3 Å². The number of rotatable bonds is 22. The van der Waals surface area contributed by atoms with Crippen molar-refractivity contribution < 1.29 is 28.5 Å². The maximum atomic E-state index is 13.7. The quantitative estimate of drug-likeness (QED) is 0.0651. The minimum Gasteiger partial charge on any atom is -0.485 e. The second-order valence-electron chi connectivity index (χ2n) is 13.5. The molecule has 298 valence electrons. The lowest BCUT2D eigenvalue weighted by Gasteiger charge is -2.22. The Morgan fingerprint density at radius 1 is 0.431 bits per heavy atom. The van der Waals surface area contributed by atoms with E-state index in [1.807, 2.05) is 133 Å². The Labute approximate surface area is 340 Å². The fourth-order valence-corrected chi connectivity index (χ4v) is 6.21. The summed E-state index contributed by atoms with van der Waals surface area (Å²) in [5.41, 5.74) is 10.7. The highest BCUT2D eigenvalue weighted by atomic mass is 16.5. The number of nitrogens with two attached hydrogens (primary N) is 1. The molecule has 0 aromatic heterocycles. The van der Waals surface area contributed by atoms with Crippen LogP contribution in [0.3, 0.4) is 0 Å². The Hall–Kier alpha value is -6.62. The number of nitrogens with zero attached hydrogens (tertiary/aromatic N) is 1. The highest BCUT2D eigenvalue weighted by Crippen LogP contribution is 2.34. The first-order chi connectivity index (χ1) is 28.6. The van der Waals surface area contributed by atoms with Crippen LogP contribution in [0.1, 0.15) is 43.0 Å². The van der Waals surface area contributed by atoms with Gasteiger partial charge in [0.05, 0.1) is 11.1 Å². The van der Waals surface area contributed by atoms with Gasteiger partial charge in [0.25, 0.3) is 11.8 Å². The highest BCUT2D eigenvalue weighted by molar-refractivity contribution is 5.98. The van der Waals surface area contributed by atoms with Crippen molar-refractivity contribution in [3.8, 4) is 23.0 Å². The fourth-order valence-electron chi connectivity index (χ4n) is 6.21. The molecule has 10 nitrogen and oxygen atoms in total. The van der Waals surface area contributed by atoms with Crippen molar-refractivity contribution in [3.63, 3.8) is 0 Å². The van der Waals surface area contributed by atoms with E-state index in [4.69, 9.17) is 24.7 Å². The Kier molecular flexibility index (Phi) is 15.7. The summed E-state index contributed by atoms with van der Waals surface area (Å²) in [5, 5.41) is 6.09. The summed E-state index contributed by atoms with van der Waals surface area (Å²) in [5.74, 6) is 1.15. The number of benzene rings is 6. The van der Waals surface area contributed by atoms with Crippen LogP contribution in [0, 0.1) is 0 Å². The molecule has 0 unspecified atom stereocenters. The number of carbonyl (C=O) groups excluding carboxylic acids is 2. The first-order valence-corrected chi connectivity index (χ1v) is 19.5. The molecular formula is C48H50N4O6. The van der Waals surface area contributed by atoms with Crippen LogP contribution in [0.15, 0.2) is 158 Å². The van der Waals surface area contributed by atoms with Crippen LogP contribution in [0.5, 0.6) is 23.0 Å². The van der Waals surface area contributed by atoms with E-state index in [0.29, 0.717) is 86.6 Å². The molecule has 0 radical (unpaired) electrons.